The fourth-order valence-electron chi connectivity index (χ4n) is 3.43. The lowest BCUT2D eigenvalue weighted by Crippen LogP contribution is -2.43. The van der Waals surface area contributed by atoms with E-state index < -0.39 is 0 Å². The summed E-state index contributed by atoms with van der Waals surface area (Å²) in [6.45, 7) is 4.39. The van der Waals surface area contributed by atoms with Crippen molar-refractivity contribution in [3.05, 3.63) is 36.2 Å². The molecule has 1 saturated heterocycles. The molecule has 2 amide bonds. The van der Waals surface area contributed by atoms with Gasteiger partial charge in [0.05, 0.1) is 6.20 Å². The minimum absolute atomic E-state index is 0.0257. The fraction of sp³-hybridized carbons (Fsp3) is 0.500. The summed E-state index contributed by atoms with van der Waals surface area (Å²) in [5, 5.41) is 11.0. The molecule has 0 spiro atoms. The molecule has 1 aromatic carbocycles. The van der Waals surface area contributed by atoms with Crippen molar-refractivity contribution >= 4 is 17.4 Å². The van der Waals surface area contributed by atoms with Crippen molar-refractivity contribution in [3.8, 4) is 0 Å². The quantitative estimate of drug-likeness (QED) is 0.927. The standard InChI is InChI=1S/C18H26N6O/c1-14-16(7-4-8-17(14)22(2)3)20-18(25)23-10-5-6-15(12-23)13-24-11-9-19-21-24/h4,7-9,11,15H,5-6,10,12-13H2,1-3H3,(H,20,25)/t15-/m0/s1. The van der Waals surface area contributed by atoms with E-state index in [1.807, 2.05) is 48.9 Å². The van der Waals surface area contributed by atoms with Gasteiger partial charge in [-0.1, -0.05) is 11.3 Å². The third-order valence-corrected chi connectivity index (χ3v) is 4.75. The van der Waals surface area contributed by atoms with E-state index in [9.17, 15) is 4.79 Å². The molecule has 0 bridgehead atoms. The van der Waals surface area contributed by atoms with Gasteiger partial charge in [0.25, 0.3) is 0 Å². The Morgan fingerprint density at radius 2 is 2.24 bits per heavy atom. The van der Waals surface area contributed by atoms with Crippen molar-refractivity contribution in [2.45, 2.75) is 26.3 Å². The SMILES string of the molecule is Cc1c(NC(=O)N2CCC[C@H](Cn3ccnn3)C2)cccc1N(C)C. The molecule has 2 heterocycles. The van der Waals surface area contributed by atoms with Crippen LogP contribution in [0.25, 0.3) is 0 Å². The van der Waals surface area contributed by atoms with Crippen molar-refractivity contribution in [1.82, 2.24) is 19.9 Å². The molecule has 25 heavy (non-hydrogen) atoms. The number of nitrogens with one attached hydrogen (secondary N) is 1. The van der Waals surface area contributed by atoms with Crippen LogP contribution in [0, 0.1) is 12.8 Å². The molecule has 1 N–H and O–H groups in total. The van der Waals surface area contributed by atoms with Gasteiger partial charge in [-0.05, 0) is 43.4 Å². The number of aromatic nitrogens is 3. The molecular formula is C18H26N6O. The molecule has 0 radical (unpaired) electrons. The number of hydrogen-bond donors (Lipinski definition) is 1. The van der Waals surface area contributed by atoms with Gasteiger partial charge in [-0.15, -0.1) is 5.10 Å². The van der Waals surface area contributed by atoms with Gasteiger partial charge in [0.1, 0.15) is 0 Å². The largest absolute Gasteiger partial charge is 0.377 e. The molecule has 1 atom stereocenters. The topological polar surface area (TPSA) is 66.3 Å². The van der Waals surface area contributed by atoms with Crippen LogP contribution in [-0.2, 0) is 6.54 Å². The number of amides is 2. The second kappa shape index (κ2) is 7.55. The summed E-state index contributed by atoms with van der Waals surface area (Å²) in [5.74, 6) is 0.412. The minimum atomic E-state index is -0.0257. The summed E-state index contributed by atoms with van der Waals surface area (Å²) in [6, 6.07) is 5.96. The van der Waals surface area contributed by atoms with Crippen LogP contribution in [0.15, 0.2) is 30.6 Å². The second-order valence-corrected chi connectivity index (χ2v) is 6.85. The zero-order valence-corrected chi connectivity index (χ0v) is 15.1. The Bertz CT molecular complexity index is 712. The number of nitrogens with zero attached hydrogens (tertiary/aromatic N) is 5. The molecule has 7 nitrogen and oxygen atoms in total. The van der Waals surface area contributed by atoms with Crippen molar-refractivity contribution in [2.24, 2.45) is 5.92 Å². The molecule has 1 aromatic heterocycles. The van der Waals surface area contributed by atoms with Crippen molar-refractivity contribution in [3.63, 3.8) is 0 Å². The summed E-state index contributed by atoms with van der Waals surface area (Å²) in [5.41, 5.74) is 3.06. The van der Waals surface area contributed by atoms with E-state index >= 15 is 0 Å². The zero-order valence-electron chi connectivity index (χ0n) is 15.1. The van der Waals surface area contributed by atoms with E-state index in [0.29, 0.717) is 5.92 Å². The van der Waals surface area contributed by atoms with Gasteiger partial charge in [0.2, 0.25) is 0 Å². The van der Waals surface area contributed by atoms with Crippen LogP contribution in [0.2, 0.25) is 0 Å². The van der Waals surface area contributed by atoms with Crippen LogP contribution in [0.1, 0.15) is 18.4 Å². The summed E-state index contributed by atoms with van der Waals surface area (Å²) in [7, 11) is 4.01. The molecule has 134 valence electrons. The number of likely N-dealkylation sites (tertiary alicyclic amines) is 1. The number of carbonyl (C=O) groups is 1. The summed E-state index contributed by atoms with van der Waals surface area (Å²) in [4.78, 5) is 16.7. The number of carbonyl (C=O) groups excluding carboxylic acids is 1. The van der Waals surface area contributed by atoms with E-state index in [-0.39, 0.29) is 6.03 Å². The second-order valence-electron chi connectivity index (χ2n) is 6.85. The van der Waals surface area contributed by atoms with E-state index in [1.165, 1.54) is 0 Å². The maximum Gasteiger partial charge on any atom is 0.321 e. The van der Waals surface area contributed by atoms with E-state index in [0.717, 1.165) is 49.4 Å². The first-order valence-corrected chi connectivity index (χ1v) is 8.71. The number of anilines is 2. The average molecular weight is 342 g/mol. The molecule has 2 aromatic rings. The lowest BCUT2D eigenvalue weighted by atomic mass is 9.98. The highest BCUT2D eigenvalue weighted by molar-refractivity contribution is 5.91. The first kappa shape index (κ1) is 17.3. The highest BCUT2D eigenvalue weighted by atomic mass is 16.2. The maximum absolute atomic E-state index is 12.7. The van der Waals surface area contributed by atoms with Gasteiger partial charge in [-0.2, -0.15) is 0 Å². The van der Waals surface area contributed by atoms with Crippen LogP contribution in [0.3, 0.4) is 0 Å². The smallest absolute Gasteiger partial charge is 0.321 e. The molecule has 3 rings (SSSR count). The lowest BCUT2D eigenvalue weighted by molar-refractivity contribution is 0.168. The number of urea groups is 1. The number of benzene rings is 1. The highest BCUT2D eigenvalue weighted by Crippen LogP contribution is 2.26. The predicted octanol–water partition coefficient (Wildman–Crippen LogP) is 2.60. The Kier molecular flexibility index (Phi) is 5.21. The third-order valence-electron chi connectivity index (χ3n) is 4.75. The fourth-order valence-corrected chi connectivity index (χ4v) is 3.43. The molecule has 0 saturated carbocycles. The third kappa shape index (κ3) is 4.10. The molecule has 1 fully saturated rings. The predicted molar refractivity (Wildman–Crippen MR) is 98.8 cm³/mol. The van der Waals surface area contributed by atoms with Gasteiger partial charge in [-0.25, -0.2) is 4.79 Å². The van der Waals surface area contributed by atoms with Crippen LogP contribution < -0.4 is 10.2 Å². The lowest BCUT2D eigenvalue weighted by Gasteiger charge is -2.33. The van der Waals surface area contributed by atoms with E-state index in [4.69, 9.17) is 0 Å². The number of piperidine rings is 1. The van der Waals surface area contributed by atoms with Crippen molar-refractivity contribution < 1.29 is 4.79 Å². The Balaban J connectivity index is 1.64. The Labute approximate surface area is 148 Å². The average Bonchev–Trinajstić information content (AvgIpc) is 3.09. The number of rotatable bonds is 4. The monoisotopic (exact) mass is 342 g/mol. The molecular weight excluding hydrogens is 316 g/mol. The molecule has 0 aliphatic carbocycles. The van der Waals surface area contributed by atoms with Crippen LogP contribution in [0.4, 0.5) is 16.2 Å². The Hall–Kier alpha value is -2.57. The van der Waals surface area contributed by atoms with Gasteiger partial charge in [0, 0.05) is 51.3 Å². The molecule has 0 unspecified atom stereocenters. The van der Waals surface area contributed by atoms with Gasteiger partial charge < -0.3 is 15.1 Å². The molecule has 1 aliphatic rings. The molecule has 7 heteroatoms. The van der Waals surface area contributed by atoms with Crippen molar-refractivity contribution in [1.29, 1.82) is 0 Å². The molecule has 1 aliphatic heterocycles. The Morgan fingerprint density at radius 3 is 2.96 bits per heavy atom. The van der Waals surface area contributed by atoms with Gasteiger partial charge in [-0.3, -0.25) is 4.68 Å². The first-order chi connectivity index (χ1) is 12.0. The minimum Gasteiger partial charge on any atom is -0.377 e. The van der Waals surface area contributed by atoms with Crippen LogP contribution in [0.5, 0.6) is 0 Å². The Morgan fingerprint density at radius 1 is 1.40 bits per heavy atom. The number of hydrogen-bond acceptors (Lipinski definition) is 4. The summed E-state index contributed by atoms with van der Waals surface area (Å²) < 4.78 is 1.84. The summed E-state index contributed by atoms with van der Waals surface area (Å²) in [6.07, 6.45) is 5.69. The van der Waals surface area contributed by atoms with Gasteiger partial charge in [0.15, 0.2) is 0 Å². The van der Waals surface area contributed by atoms with Gasteiger partial charge >= 0.3 is 6.03 Å². The van der Waals surface area contributed by atoms with E-state index in [1.54, 1.807) is 6.20 Å². The van der Waals surface area contributed by atoms with Crippen molar-refractivity contribution in [2.75, 3.05) is 37.4 Å². The van der Waals surface area contributed by atoms with Crippen LogP contribution >= 0.6 is 0 Å². The van der Waals surface area contributed by atoms with Crippen LogP contribution in [-0.4, -0.2) is 53.1 Å². The maximum atomic E-state index is 12.7. The zero-order chi connectivity index (χ0) is 17.8. The summed E-state index contributed by atoms with van der Waals surface area (Å²) >= 11 is 0. The highest BCUT2D eigenvalue weighted by Gasteiger charge is 2.24. The first-order valence-electron chi connectivity index (χ1n) is 8.71. The van der Waals surface area contributed by atoms with E-state index in [2.05, 4.69) is 26.6 Å². The normalized spacial score (nSPS) is 17.4.